The fourth-order valence-corrected chi connectivity index (χ4v) is 4.68. The Morgan fingerprint density at radius 3 is 2.61 bits per heavy atom. The van der Waals surface area contributed by atoms with E-state index in [0.717, 1.165) is 29.7 Å². The van der Waals surface area contributed by atoms with Crippen LogP contribution < -0.4 is 9.64 Å². The van der Waals surface area contributed by atoms with Gasteiger partial charge in [0.15, 0.2) is 5.69 Å². The molecule has 33 heavy (non-hydrogen) atoms. The number of rotatable bonds is 6. The van der Waals surface area contributed by atoms with Crippen LogP contribution >= 0.6 is 11.8 Å². The summed E-state index contributed by atoms with van der Waals surface area (Å²) in [4.78, 5) is 19.1. The number of anilines is 1. The molecule has 8 heteroatoms. The molecular weight excluding hydrogens is 439 g/mol. The molecule has 3 aromatic rings. The third-order valence-corrected chi connectivity index (χ3v) is 6.37. The number of aryl methyl sites for hydroxylation is 1. The number of carbonyl (C=O) groups excluding carboxylic acids is 1. The van der Waals surface area contributed by atoms with Crippen molar-refractivity contribution in [2.75, 3.05) is 10.7 Å². The van der Waals surface area contributed by atoms with Gasteiger partial charge in [-0.2, -0.15) is 4.98 Å². The Morgan fingerprint density at radius 1 is 1.18 bits per heavy atom. The molecule has 4 rings (SSSR count). The summed E-state index contributed by atoms with van der Waals surface area (Å²) in [6, 6.07) is 11.8. The molecule has 2 aromatic carbocycles. The van der Waals surface area contributed by atoms with E-state index in [0.29, 0.717) is 33.9 Å². The summed E-state index contributed by atoms with van der Waals surface area (Å²) in [5.41, 5.74) is 3.62. The van der Waals surface area contributed by atoms with Crippen LogP contribution in [0, 0.1) is 11.7 Å². The number of hydrogen-bond donors (Lipinski definition) is 0. The summed E-state index contributed by atoms with van der Waals surface area (Å²) in [7, 11) is 0. The van der Waals surface area contributed by atoms with Crippen LogP contribution in [-0.4, -0.2) is 26.8 Å². The zero-order valence-electron chi connectivity index (χ0n) is 19.2. The number of amides is 1. The first kappa shape index (κ1) is 23.2. The lowest BCUT2D eigenvalue weighted by atomic mass is 10.0. The van der Waals surface area contributed by atoms with E-state index >= 15 is 0 Å². The number of ether oxygens (including phenoxy) is 1. The number of carbonyl (C=O) groups is 1. The Balaban J connectivity index is 1.85. The zero-order chi connectivity index (χ0) is 23.5. The molecule has 2 heterocycles. The Labute approximate surface area is 197 Å². The fraction of sp³-hybridized carbons (Fsp3) is 0.360. The van der Waals surface area contributed by atoms with Crippen molar-refractivity contribution in [3.8, 4) is 17.1 Å². The van der Waals surface area contributed by atoms with E-state index in [1.807, 2.05) is 18.2 Å². The SMILES string of the molecule is CCc1ccc2c(c1)-c1nnc(SCCC(C)C)nc1OC(c1ccc(F)cc1)N2C(C)=O. The maximum atomic E-state index is 13.6. The molecule has 1 aromatic heterocycles. The minimum Gasteiger partial charge on any atom is -0.447 e. The standard InChI is InChI=1S/C25H27FN4O2S/c1-5-17-6-11-21-20(14-17)22-23(27-25(29-28-22)33-13-12-15(2)3)32-24(30(21)16(4)31)18-7-9-19(26)10-8-18/h6-11,14-15,24H,5,12-13H2,1-4H3. The average Bonchev–Trinajstić information content (AvgIpc) is 2.93. The lowest BCUT2D eigenvalue weighted by Crippen LogP contribution is -2.36. The third-order valence-electron chi connectivity index (χ3n) is 5.50. The van der Waals surface area contributed by atoms with Gasteiger partial charge in [0.05, 0.1) is 5.69 Å². The molecule has 1 atom stereocenters. The first-order chi connectivity index (χ1) is 15.9. The highest BCUT2D eigenvalue weighted by molar-refractivity contribution is 7.99. The summed E-state index contributed by atoms with van der Waals surface area (Å²) < 4.78 is 20.0. The van der Waals surface area contributed by atoms with Crippen LogP contribution in [-0.2, 0) is 11.2 Å². The smallest absolute Gasteiger partial charge is 0.247 e. The molecule has 6 nitrogen and oxygen atoms in total. The van der Waals surface area contributed by atoms with Gasteiger partial charge in [0, 0.05) is 23.8 Å². The molecule has 172 valence electrons. The number of benzene rings is 2. The van der Waals surface area contributed by atoms with Crippen molar-refractivity contribution < 1.29 is 13.9 Å². The van der Waals surface area contributed by atoms with E-state index in [9.17, 15) is 9.18 Å². The van der Waals surface area contributed by atoms with Crippen LogP contribution in [0.3, 0.4) is 0 Å². The summed E-state index contributed by atoms with van der Waals surface area (Å²) in [6.45, 7) is 7.90. The first-order valence-corrected chi connectivity index (χ1v) is 12.1. The van der Waals surface area contributed by atoms with E-state index < -0.39 is 6.23 Å². The minimum atomic E-state index is -0.819. The highest BCUT2D eigenvalue weighted by Crippen LogP contribution is 2.44. The monoisotopic (exact) mass is 466 g/mol. The molecule has 0 spiro atoms. The molecule has 1 aliphatic heterocycles. The Kier molecular flexibility index (Phi) is 6.93. The van der Waals surface area contributed by atoms with E-state index in [-0.39, 0.29) is 11.7 Å². The van der Waals surface area contributed by atoms with Crippen LogP contribution in [0.25, 0.3) is 11.3 Å². The number of hydrogen-bond acceptors (Lipinski definition) is 6. The molecule has 0 radical (unpaired) electrons. The quantitative estimate of drug-likeness (QED) is 0.426. The minimum absolute atomic E-state index is 0.206. The van der Waals surface area contributed by atoms with E-state index in [1.54, 1.807) is 17.0 Å². The van der Waals surface area contributed by atoms with E-state index in [2.05, 4.69) is 36.0 Å². The molecule has 0 aliphatic carbocycles. The van der Waals surface area contributed by atoms with E-state index in [4.69, 9.17) is 4.74 Å². The summed E-state index contributed by atoms with van der Waals surface area (Å²) in [5.74, 6) is 1.19. The highest BCUT2D eigenvalue weighted by Gasteiger charge is 2.34. The Morgan fingerprint density at radius 2 is 1.94 bits per heavy atom. The molecule has 0 N–H and O–H groups in total. The van der Waals surface area contributed by atoms with Gasteiger partial charge in [-0.1, -0.05) is 50.7 Å². The van der Waals surface area contributed by atoms with Crippen LogP contribution in [0.15, 0.2) is 47.6 Å². The maximum Gasteiger partial charge on any atom is 0.247 e. The molecule has 0 bridgehead atoms. The van der Waals surface area contributed by atoms with Gasteiger partial charge in [-0.25, -0.2) is 4.39 Å². The molecule has 1 amide bonds. The summed E-state index contributed by atoms with van der Waals surface area (Å²) in [6.07, 6.45) is 1.04. The van der Waals surface area contributed by atoms with Crippen LogP contribution in [0.5, 0.6) is 5.88 Å². The maximum absolute atomic E-state index is 13.6. The van der Waals surface area contributed by atoms with Crippen LogP contribution in [0.2, 0.25) is 0 Å². The second-order valence-electron chi connectivity index (χ2n) is 8.39. The summed E-state index contributed by atoms with van der Waals surface area (Å²) in [5, 5.41) is 9.33. The molecule has 1 aliphatic rings. The van der Waals surface area contributed by atoms with Crippen LogP contribution in [0.4, 0.5) is 10.1 Å². The van der Waals surface area contributed by atoms with Crippen molar-refractivity contribution in [2.24, 2.45) is 5.92 Å². The number of nitrogens with zero attached hydrogens (tertiary/aromatic N) is 4. The van der Waals surface area contributed by atoms with Gasteiger partial charge < -0.3 is 4.74 Å². The highest BCUT2D eigenvalue weighted by atomic mass is 32.2. The van der Waals surface area contributed by atoms with E-state index in [1.165, 1.54) is 30.8 Å². The Bertz CT molecular complexity index is 1150. The van der Waals surface area contributed by atoms with Crippen molar-refractivity contribution in [1.29, 1.82) is 0 Å². The zero-order valence-corrected chi connectivity index (χ0v) is 20.0. The Hall–Kier alpha value is -3.00. The van der Waals surface area contributed by atoms with Crippen molar-refractivity contribution in [1.82, 2.24) is 15.2 Å². The van der Waals surface area contributed by atoms with Crippen molar-refractivity contribution >= 4 is 23.4 Å². The fourth-order valence-electron chi connectivity index (χ4n) is 3.66. The molecule has 0 saturated carbocycles. The average molecular weight is 467 g/mol. The molecular formula is C25H27FN4O2S. The summed E-state index contributed by atoms with van der Waals surface area (Å²) >= 11 is 1.53. The largest absolute Gasteiger partial charge is 0.447 e. The van der Waals surface area contributed by atoms with Gasteiger partial charge in [-0.3, -0.25) is 9.69 Å². The van der Waals surface area contributed by atoms with Crippen molar-refractivity contribution in [3.05, 3.63) is 59.4 Å². The van der Waals surface area contributed by atoms with Crippen molar-refractivity contribution in [2.45, 2.75) is 51.9 Å². The predicted octanol–water partition coefficient (Wildman–Crippen LogP) is 5.82. The van der Waals surface area contributed by atoms with Crippen LogP contribution in [0.1, 0.15) is 51.5 Å². The number of thioether (sulfide) groups is 1. The molecule has 0 fully saturated rings. The predicted molar refractivity (Wildman–Crippen MR) is 128 cm³/mol. The lowest BCUT2D eigenvalue weighted by molar-refractivity contribution is -0.118. The van der Waals surface area contributed by atoms with Crippen molar-refractivity contribution in [3.63, 3.8) is 0 Å². The van der Waals surface area contributed by atoms with Gasteiger partial charge in [0.2, 0.25) is 23.2 Å². The second kappa shape index (κ2) is 9.87. The van der Waals surface area contributed by atoms with Gasteiger partial charge >= 0.3 is 0 Å². The third kappa shape index (κ3) is 5.00. The van der Waals surface area contributed by atoms with Gasteiger partial charge in [-0.05, 0) is 48.6 Å². The first-order valence-electron chi connectivity index (χ1n) is 11.1. The number of halogens is 1. The topological polar surface area (TPSA) is 68.2 Å². The normalized spacial score (nSPS) is 15.0. The molecule has 0 saturated heterocycles. The number of aromatic nitrogens is 3. The lowest BCUT2D eigenvalue weighted by Gasteiger charge is -2.30. The van der Waals surface area contributed by atoms with Gasteiger partial charge in [0.1, 0.15) is 5.82 Å². The molecule has 1 unspecified atom stereocenters. The van der Waals surface area contributed by atoms with Gasteiger partial charge in [0.25, 0.3) is 0 Å². The number of fused-ring (bicyclic) bond motifs is 3. The van der Waals surface area contributed by atoms with Gasteiger partial charge in [-0.15, -0.1) is 10.2 Å². The second-order valence-corrected chi connectivity index (χ2v) is 9.46.